The van der Waals surface area contributed by atoms with Crippen molar-refractivity contribution < 1.29 is 24.3 Å². The third-order valence-corrected chi connectivity index (χ3v) is 3.84. The molecule has 136 valence electrons. The minimum Gasteiger partial charge on any atom is -0.480 e. The highest BCUT2D eigenvalue weighted by atomic mass is 32.2. The molecule has 4 unspecified atom stereocenters. The molecule has 0 fully saturated rings. The van der Waals surface area contributed by atoms with Crippen molar-refractivity contribution in [1.82, 2.24) is 19.6 Å². The highest BCUT2D eigenvalue weighted by Gasteiger charge is 2.26. The monoisotopic (exact) mass is 362 g/mol. The van der Waals surface area contributed by atoms with Gasteiger partial charge in [-0.05, 0) is 13.3 Å². The van der Waals surface area contributed by atoms with Gasteiger partial charge in [0.2, 0.25) is 11.8 Å². The fourth-order valence-electron chi connectivity index (χ4n) is 1.63. The number of carboxylic acids is 1. The first-order valence-corrected chi connectivity index (χ1v) is 8.03. The molecule has 0 bridgehead atoms. The van der Waals surface area contributed by atoms with Crippen LogP contribution in [0.15, 0.2) is 4.52 Å². The van der Waals surface area contributed by atoms with Crippen LogP contribution in [0.3, 0.4) is 0 Å². The first kappa shape index (κ1) is 20.3. The Labute approximate surface area is 142 Å². The molecule has 8 N–H and O–H groups in total. The van der Waals surface area contributed by atoms with Crippen LogP contribution in [-0.4, -0.2) is 44.4 Å². The molecule has 1 aromatic rings. The van der Waals surface area contributed by atoms with Gasteiger partial charge >= 0.3 is 5.97 Å². The van der Waals surface area contributed by atoms with Crippen molar-refractivity contribution in [3.8, 4) is 0 Å². The van der Waals surface area contributed by atoms with E-state index in [1.807, 2.05) is 6.92 Å². The summed E-state index contributed by atoms with van der Waals surface area (Å²) in [5.41, 5.74) is 11.0. The van der Waals surface area contributed by atoms with Crippen LogP contribution in [0.25, 0.3) is 0 Å². The van der Waals surface area contributed by atoms with Crippen molar-refractivity contribution in [3.63, 3.8) is 0 Å². The highest BCUT2D eigenvalue weighted by Crippen LogP contribution is 2.19. The summed E-state index contributed by atoms with van der Waals surface area (Å²) < 4.78 is 10.4. The van der Waals surface area contributed by atoms with E-state index in [0.717, 1.165) is 12.1 Å². The number of nitrogens with zero attached hydrogens (tertiary/aromatic N) is 2. The van der Waals surface area contributed by atoms with Crippen LogP contribution >= 0.6 is 12.1 Å². The van der Waals surface area contributed by atoms with Crippen LogP contribution in [0.2, 0.25) is 0 Å². The number of nitrogens with one attached hydrogen (secondary N) is 2. The Morgan fingerprint density at radius 1 is 1.42 bits per heavy atom. The SMILES string of the molecule is CCC(N)c1noc(C(CC(N)=O)NSNC(C(=O)O)C(C)O)n1. The highest BCUT2D eigenvalue weighted by molar-refractivity contribution is 7.95. The number of aliphatic hydroxyl groups excluding tert-OH is 1. The first-order valence-electron chi connectivity index (χ1n) is 7.21. The van der Waals surface area contributed by atoms with Gasteiger partial charge in [-0.1, -0.05) is 12.1 Å². The van der Waals surface area contributed by atoms with Gasteiger partial charge in [0.05, 0.1) is 18.6 Å². The maximum absolute atomic E-state index is 11.2. The van der Waals surface area contributed by atoms with Crippen molar-refractivity contribution in [3.05, 3.63) is 11.7 Å². The molecule has 1 heterocycles. The number of carbonyl (C=O) groups is 2. The van der Waals surface area contributed by atoms with Gasteiger partial charge in [-0.3, -0.25) is 9.59 Å². The Morgan fingerprint density at radius 3 is 2.58 bits per heavy atom. The van der Waals surface area contributed by atoms with Crippen LogP contribution in [0.4, 0.5) is 0 Å². The molecule has 0 saturated carbocycles. The van der Waals surface area contributed by atoms with Gasteiger partial charge in [-0.15, -0.1) is 0 Å². The molecule has 12 heteroatoms. The average molecular weight is 362 g/mol. The topological polar surface area (TPSA) is 190 Å². The predicted octanol–water partition coefficient (Wildman–Crippen LogP) is -1.03. The van der Waals surface area contributed by atoms with E-state index in [1.165, 1.54) is 6.92 Å². The molecule has 4 atom stereocenters. The number of aliphatic hydroxyl groups is 1. The maximum Gasteiger partial charge on any atom is 0.324 e. The summed E-state index contributed by atoms with van der Waals surface area (Å²) in [6, 6.07) is -2.34. The molecule has 0 aromatic carbocycles. The van der Waals surface area contributed by atoms with Gasteiger partial charge < -0.3 is 26.2 Å². The molecule has 0 radical (unpaired) electrons. The fraction of sp³-hybridized carbons (Fsp3) is 0.667. The van der Waals surface area contributed by atoms with E-state index < -0.39 is 36.1 Å². The number of rotatable bonds is 11. The number of carbonyl (C=O) groups excluding carboxylic acids is 1. The molecule has 1 aromatic heterocycles. The Bertz CT molecular complexity index is 554. The third kappa shape index (κ3) is 6.05. The summed E-state index contributed by atoms with van der Waals surface area (Å²) in [5.74, 6) is -1.43. The van der Waals surface area contributed by atoms with Crippen molar-refractivity contribution in [2.24, 2.45) is 11.5 Å². The number of hydrogen-bond acceptors (Lipinski definition) is 10. The zero-order valence-corrected chi connectivity index (χ0v) is 14.1. The summed E-state index contributed by atoms with van der Waals surface area (Å²) in [6.07, 6.45) is -0.661. The minimum absolute atomic E-state index is 0.103. The second kappa shape index (κ2) is 9.54. The largest absolute Gasteiger partial charge is 0.480 e. The van der Waals surface area contributed by atoms with Crippen molar-refractivity contribution in [2.75, 3.05) is 0 Å². The molecule has 1 rings (SSSR count). The normalized spacial score (nSPS) is 16.3. The van der Waals surface area contributed by atoms with Gasteiger partial charge in [-0.2, -0.15) is 4.98 Å². The van der Waals surface area contributed by atoms with Gasteiger partial charge in [0, 0.05) is 12.1 Å². The van der Waals surface area contributed by atoms with Crippen molar-refractivity contribution in [2.45, 2.75) is 50.9 Å². The lowest BCUT2D eigenvalue weighted by Gasteiger charge is -2.18. The van der Waals surface area contributed by atoms with E-state index in [9.17, 15) is 14.7 Å². The van der Waals surface area contributed by atoms with Crippen molar-refractivity contribution in [1.29, 1.82) is 0 Å². The van der Waals surface area contributed by atoms with Crippen LogP contribution in [0, 0.1) is 0 Å². The molecule has 24 heavy (non-hydrogen) atoms. The molecule has 0 spiro atoms. The smallest absolute Gasteiger partial charge is 0.324 e. The van der Waals surface area contributed by atoms with Crippen LogP contribution < -0.4 is 20.9 Å². The molecular formula is C12H22N6O5S. The Hall–Kier alpha value is -1.73. The van der Waals surface area contributed by atoms with E-state index in [4.69, 9.17) is 21.1 Å². The molecule has 0 aliphatic heterocycles. The van der Waals surface area contributed by atoms with E-state index in [1.54, 1.807) is 0 Å². The summed E-state index contributed by atoms with van der Waals surface area (Å²) in [5, 5.41) is 22.1. The second-order valence-corrected chi connectivity index (χ2v) is 5.80. The van der Waals surface area contributed by atoms with Crippen molar-refractivity contribution >= 4 is 24.0 Å². The van der Waals surface area contributed by atoms with E-state index in [0.29, 0.717) is 12.2 Å². The summed E-state index contributed by atoms with van der Waals surface area (Å²) >= 11 is 0.779. The number of carboxylic acid groups (broad SMARTS) is 1. The number of aromatic nitrogens is 2. The lowest BCUT2D eigenvalue weighted by atomic mass is 10.2. The van der Waals surface area contributed by atoms with Gasteiger partial charge in [0.25, 0.3) is 0 Å². The predicted molar refractivity (Wildman–Crippen MR) is 85.0 cm³/mol. The lowest BCUT2D eigenvalue weighted by molar-refractivity contribution is -0.141. The summed E-state index contributed by atoms with van der Waals surface area (Å²) in [7, 11) is 0. The number of hydrogen-bond donors (Lipinski definition) is 6. The molecular weight excluding hydrogens is 340 g/mol. The molecule has 1 amide bonds. The van der Waals surface area contributed by atoms with Crippen LogP contribution in [-0.2, 0) is 9.59 Å². The zero-order valence-electron chi connectivity index (χ0n) is 13.3. The number of amides is 1. The molecule has 11 nitrogen and oxygen atoms in total. The maximum atomic E-state index is 11.2. The Kier molecular flexibility index (Phi) is 8.07. The average Bonchev–Trinajstić information content (AvgIpc) is 2.98. The molecule has 0 aliphatic carbocycles. The number of nitrogens with two attached hydrogens (primary N) is 2. The van der Waals surface area contributed by atoms with Gasteiger partial charge in [0.1, 0.15) is 12.1 Å². The quantitative estimate of drug-likeness (QED) is 0.264. The van der Waals surface area contributed by atoms with E-state index >= 15 is 0 Å². The zero-order chi connectivity index (χ0) is 18.3. The van der Waals surface area contributed by atoms with E-state index in [-0.39, 0.29) is 12.3 Å². The fourth-order valence-corrected chi connectivity index (χ4v) is 2.45. The molecule has 0 aliphatic rings. The lowest BCUT2D eigenvalue weighted by Crippen LogP contribution is -2.43. The summed E-state index contributed by atoms with van der Waals surface area (Å²) in [4.78, 5) is 26.3. The minimum atomic E-state index is -1.22. The summed E-state index contributed by atoms with van der Waals surface area (Å²) in [6.45, 7) is 3.20. The van der Waals surface area contributed by atoms with Gasteiger partial charge in [0.15, 0.2) is 5.82 Å². The van der Waals surface area contributed by atoms with Crippen LogP contribution in [0.1, 0.15) is 50.5 Å². The molecule has 0 saturated heterocycles. The first-order chi connectivity index (χ1) is 11.3. The van der Waals surface area contributed by atoms with Gasteiger partial charge in [-0.25, -0.2) is 9.44 Å². The standard InChI is InChI=1S/C12H22N6O5S/c1-3-6(13)10-15-11(23-16-10)7(4-8(14)20)17-24-18-9(5(2)19)12(21)22/h5-7,9,17-19H,3-4,13H2,1-2H3,(H2,14,20)(H,21,22). The third-order valence-electron chi connectivity index (χ3n) is 3.07. The Balaban J connectivity index is 2.74. The Morgan fingerprint density at radius 2 is 2.08 bits per heavy atom. The number of primary amides is 1. The number of aliphatic carboxylic acids is 1. The van der Waals surface area contributed by atoms with E-state index in [2.05, 4.69) is 19.6 Å². The second-order valence-electron chi connectivity index (χ2n) is 5.12. The van der Waals surface area contributed by atoms with Crippen LogP contribution in [0.5, 0.6) is 0 Å².